The molecular weight excluding hydrogens is 559 g/mol. The Morgan fingerprint density at radius 3 is 2.62 bits per heavy atom. The number of rotatable bonds is 12. The first-order valence-corrected chi connectivity index (χ1v) is 14.7. The van der Waals surface area contributed by atoms with Crippen molar-refractivity contribution in [1.82, 2.24) is 14.8 Å². The van der Waals surface area contributed by atoms with Gasteiger partial charge in [-0.3, -0.25) is 0 Å². The number of aromatic nitrogens is 3. The SMILES string of the molecule is CCCCOC(=O)C1=C(C)Nc2nc(SCC)nn2C1c1ccc(OCc2ccc(Cl)c(Cl)c2)c(OCC)c1. The normalized spacial score (nSPS) is 14.6. The highest BCUT2D eigenvalue weighted by Gasteiger charge is 2.35. The van der Waals surface area contributed by atoms with Crippen LogP contribution in [0.4, 0.5) is 5.95 Å². The van der Waals surface area contributed by atoms with Gasteiger partial charge in [-0.1, -0.05) is 67.4 Å². The molecule has 1 N–H and O–H groups in total. The van der Waals surface area contributed by atoms with E-state index in [4.69, 9.17) is 42.5 Å². The Labute approximate surface area is 243 Å². The van der Waals surface area contributed by atoms with Crippen LogP contribution in [0.25, 0.3) is 0 Å². The van der Waals surface area contributed by atoms with E-state index in [1.807, 2.05) is 45.0 Å². The molecule has 2 aromatic carbocycles. The van der Waals surface area contributed by atoms with Crippen molar-refractivity contribution in [3.63, 3.8) is 0 Å². The predicted octanol–water partition coefficient (Wildman–Crippen LogP) is 7.31. The maximum atomic E-state index is 13.3. The van der Waals surface area contributed by atoms with Crippen LogP contribution in [0.15, 0.2) is 52.8 Å². The molecule has 1 unspecified atom stereocenters. The Kier molecular flexibility index (Phi) is 10.0. The first-order chi connectivity index (χ1) is 18.9. The molecule has 2 heterocycles. The van der Waals surface area contributed by atoms with Gasteiger partial charge in [-0.05, 0) is 61.4 Å². The summed E-state index contributed by atoms with van der Waals surface area (Å²) in [6, 6.07) is 10.4. The third-order valence-electron chi connectivity index (χ3n) is 6.02. The number of benzene rings is 2. The number of anilines is 1. The number of fused-ring (bicyclic) bond motifs is 1. The molecule has 1 aromatic heterocycles. The summed E-state index contributed by atoms with van der Waals surface area (Å²) in [4.78, 5) is 18.0. The summed E-state index contributed by atoms with van der Waals surface area (Å²) >= 11 is 13.7. The maximum Gasteiger partial charge on any atom is 0.338 e. The summed E-state index contributed by atoms with van der Waals surface area (Å²) in [6.07, 6.45) is 1.72. The highest BCUT2D eigenvalue weighted by atomic mass is 35.5. The summed E-state index contributed by atoms with van der Waals surface area (Å²) in [7, 11) is 0. The lowest BCUT2D eigenvalue weighted by atomic mass is 9.95. The lowest BCUT2D eigenvalue weighted by Gasteiger charge is -2.28. The minimum atomic E-state index is -0.558. The molecule has 208 valence electrons. The first-order valence-electron chi connectivity index (χ1n) is 12.9. The lowest BCUT2D eigenvalue weighted by Crippen LogP contribution is -2.30. The van der Waals surface area contributed by atoms with Crippen molar-refractivity contribution in [2.24, 2.45) is 0 Å². The molecule has 0 radical (unpaired) electrons. The Balaban J connectivity index is 1.70. The second-order valence-corrected chi connectivity index (χ2v) is 10.9. The van der Waals surface area contributed by atoms with Crippen molar-refractivity contribution in [3.8, 4) is 11.5 Å². The van der Waals surface area contributed by atoms with Gasteiger partial charge in [0.2, 0.25) is 11.1 Å². The van der Waals surface area contributed by atoms with E-state index < -0.39 is 6.04 Å². The second-order valence-electron chi connectivity index (χ2n) is 8.83. The molecule has 0 amide bonds. The summed E-state index contributed by atoms with van der Waals surface area (Å²) in [5.41, 5.74) is 2.82. The van der Waals surface area contributed by atoms with Gasteiger partial charge in [0, 0.05) is 5.70 Å². The number of carbonyl (C=O) groups excluding carboxylic acids is 1. The van der Waals surface area contributed by atoms with Crippen LogP contribution in [0.2, 0.25) is 10.0 Å². The van der Waals surface area contributed by atoms with Crippen LogP contribution in [-0.4, -0.2) is 39.7 Å². The van der Waals surface area contributed by atoms with E-state index in [2.05, 4.69) is 17.2 Å². The Morgan fingerprint density at radius 2 is 1.90 bits per heavy atom. The minimum Gasteiger partial charge on any atom is -0.490 e. The van der Waals surface area contributed by atoms with Gasteiger partial charge >= 0.3 is 5.97 Å². The zero-order valence-corrected chi connectivity index (χ0v) is 24.8. The summed E-state index contributed by atoms with van der Waals surface area (Å²) < 4.78 is 19.4. The number of hydrogen-bond acceptors (Lipinski definition) is 8. The van der Waals surface area contributed by atoms with Crippen molar-refractivity contribution >= 4 is 46.9 Å². The summed E-state index contributed by atoms with van der Waals surface area (Å²) in [5, 5.41) is 9.54. The number of nitrogens with one attached hydrogen (secondary N) is 1. The zero-order chi connectivity index (χ0) is 27.9. The molecule has 0 bridgehead atoms. The molecule has 39 heavy (non-hydrogen) atoms. The third kappa shape index (κ3) is 6.83. The Bertz CT molecular complexity index is 1360. The third-order valence-corrected chi connectivity index (χ3v) is 7.48. The average Bonchev–Trinajstić information content (AvgIpc) is 3.31. The second kappa shape index (κ2) is 13.5. The van der Waals surface area contributed by atoms with Gasteiger partial charge < -0.3 is 19.5 Å². The molecule has 1 aliphatic heterocycles. The van der Waals surface area contributed by atoms with Crippen molar-refractivity contribution in [1.29, 1.82) is 0 Å². The molecule has 3 aromatic rings. The molecule has 1 atom stereocenters. The van der Waals surface area contributed by atoms with Crippen LogP contribution in [-0.2, 0) is 16.1 Å². The fourth-order valence-electron chi connectivity index (χ4n) is 4.15. The molecule has 1 aliphatic rings. The molecule has 11 heteroatoms. The maximum absolute atomic E-state index is 13.3. The molecule has 4 rings (SSSR count). The number of allylic oxidation sites excluding steroid dienone is 1. The minimum absolute atomic E-state index is 0.280. The van der Waals surface area contributed by atoms with Gasteiger partial charge in [0.05, 0.1) is 28.8 Å². The van der Waals surface area contributed by atoms with Crippen molar-refractivity contribution in [2.75, 3.05) is 24.3 Å². The van der Waals surface area contributed by atoms with E-state index in [0.717, 1.165) is 29.7 Å². The van der Waals surface area contributed by atoms with Crippen molar-refractivity contribution in [3.05, 3.63) is 68.8 Å². The van der Waals surface area contributed by atoms with Gasteiger partial charge in [0.15, 0.2) is 11.5 Å². The van der Waals surface area contributed by atoms with Crippen LogP contribution in [0, 0.1) is 0 Å². The zero-order valence-electron chi connectivity index (χ0n) is 22.4. The molecule has 0 spiro atoms. The molecule has 0 saturated carbocycles. The van der Waals surface area contributed by atoms with Gasteiger partial charge in [0.1, 0.15) is 12.6 Å². The van der Waals surface area contributed by atoms with E-state index >= 15 is 0 Å². The van der Waals surface area contributed by atoms with E-state index in [9.17, 15) is 4.79 Å². The largest absolute Gasteiger partial charge is 0.490 e. The predicted molar refractivity (Wildman–Crippen MR) is 155 cm³/mol. The molecular formula is C28H32Cl2N4O4S. The monoisotopic (exact) mass is 590 g/mol. The fraction of sp³-hybridized carbons (Fsp3) is 0.393. The lowest BCUT2D eigenvalue weighted by molar-refractivity contribution is -0.139. The molecule has 0 saturated heterocycles. The molecule has 0 aliphatic carbocycles. The van der Waals surface area contributed by atoms with E-state index in [1.54, 1.807) is 16.8 Å². The number of carbonyl (C=O) groups is 1. The average molecular weight is 592 g/mol. The van der Waals surface area contributed by atoms with Gasteiger partial charge in [-0.25, -0.2) is 9.48 Å². The summed E-state index contributed by atoms with van der Waals surface area (Å²) in [6.45, 7) is 8.93. The van der Waals surface area contributed by atoms with Crippen molar-refractivity contribution < 1.29 is 19.0 Å². The number of halogens is 2. The first kappa shape index (κ1) is 29.1. The Morgan fingerprint density at radius 1 is 1.08 bits per heavy atom. The van der Waals surface area contributed by atoms with Crippen LogP contribution in [0.5, 0.6) is 11.5 Å². The van der Waals surface area contributed by atoms with E-state index in [1.165, 1.54) is 11.8 Å². The fourth-order valence-corrected chi connectivity index (χ4v) is 5.03. The topological polar surface area (TPSA) is 87.5 Å². The van der Waals surface area contributed by atoms with Gasteiger partial charge in [-0.15, -0.1) is 5.10 Å². The summed E-state index contributed by atoms with van der Waals surface area (Å²) in [5.74, 6) is 2.12. The number of esters is 1. The van der Waals surface area contributed by atoms with Crippen molar-refractivity contribution in [2.45, 2.75) is 58.3 Å². The molecule has 8 nitrogen and oxygen atoms in total. The van der Waals surface area contributed by atoms with Gasteiger partial charge in [0.25, 0.3) is 0 Å². The number of unbranched alkanes of at least 4 members (excludes halogenated alkanes) is 1. The number of nitrogens with zero attached hydrogens (tertiary/aromatic N) is 3. The van der Waals surface area contributed by atoms with Crippen LogP contribution in [0.3, 0.4) is 0 Å². The molecule has 0 fully saturated rings. The number of hydrogen-bond donors (Lipinski definition) is 1. The Hall–Kier alpha value is -2.88. The van der Waals surface area contributed by atoms with Gasteiger partial charge in [-0.2, -0.15) is 4.98 Å². The van der Waals surface area contributed by atoms with E-state index in [0.29, 0.717) is 57.1 Å². The number of thioether (sulfide) groups is 1. The quantitative estimate of drug-likeness (QED) is 0.133. The standard InChI is InChI=1S/C28H32Cl2N4O4S/c1-5-8-13-37-26(35)24-17(4)31-27-32-28(39-7-3)33-34(27)25(24)19-10-12-22(23(15-19)36-6-2)38-16-18-9-11-20(29)21(30)14-18/h9-12,14-15,25H,5-8,13,16H2,1-4H3,(H,31,32,33). The van der Waals surface area contributed by atoms with Crippen LogP contribution in [0.1, 0.15) is 57.7 Å². The van der Waals surface area contributed by atoms with Crippen LogP contribution >= 0.6 is 35.0 Å². The van der Waals surface area contributed by atoms with Crippen LogP contribution < -0.4 is 14.8 Å². The smallest absolute Gasteiger partial charge is 0.338 e. The highest BCUT2D eigenvalue weighted by Crippen LogP contribution is 2.40. The highest BCUT2D eigenvalue weighted by molar-refractivity contribution is 7.99. The number of ether oxygens (including phenoxy) is 3. The van der Waals surface area contributed by atoms with E-state index in [-0.39, 0.29) is 12.6 Å².